The summed E-state index contributed by atoms with van der Waals surface area (Å²) >= 11 is 1.30. The summed E-state index contributed by atoms with van der Waals surface area (Å²) in [7, 11) is 0. The van der Waals surface area contributed by atoms with Crippen molar-refractivity contribution >= 4 is 28.9 Å². The molecule has 2 aliphatic rings. The summed E-state index contributed by atoms with van der Waals surface area (Å²) in [4.78, 5) is 47.0. The van der Waals surface area contributed by atoms with E-state index in [1.807, 2.05) is 35.5 Å². The molecule has 8 heteroatoms. The minimum atomic E-state index is -0.170. The molecule has 0 saturated carbocycles. The van der Waals surface area contributed by atoms with Crippen molar-refractivity contribution in [3.8, 4) is 0 Å². The summed E-state index contributed by atoms with van der Waals surface area (Å²) < 4.78 is 0. The molecule has 3 heterocycles. The van der Waals surface area contributed by atoms with Gasteiger partial charge in [0, 0.05) is 66.2 Å². The van der Waals surface area contributed by atoms with Gasteiger partial charge < -0.3 is 9.80 Å². The van der Waals surface area contributed by atoms with Crippen LogP contribution in [0.1, 0.15) is 36.1 Å². The Labute approximate surface area is 194 Å². The van der Waals surface area contributed by atoms with E-state index in [9.17, 15) is 14.4 Å². The molecule has 0 aliphatic carbocycles. The van der Waals surface area contributed by atoms with Crippen LogP contribution in [0.25, 0.3) is 0 Å². The number of ketones is 1. The zero-order valence-corrected chi connectivity index (χ0v) is 18.4. The second kappa shape index (κ2) is 8.84. The zero-order chi connectivity index (χ0) is 22.8. The molecular weight excluding hydrogens is 436 g/mol. The van der Waals surface area contributed by atoms with Gasteiger partial charge in [0.15, 0.2) is 10.8 Å². The minimum Gasteiger partial charge on any atom is -0.345 e. The van der Waals surface area contributed by atoms with E-state index in [4.69, 9.17) is 0 Å². The number of rotatable bonds is 5. The molecule has 2 aliphatic heterocycles. The van der Waals surface area contributed by atoms with Crippen molar-refractivity contribution in [3.05, 3.63) is 113 Å². The van der Waals surface area contributed by atoms with Crippen molar-refractivity contribution in [2.45, 2.75) is 6.04 Å². The number of likely N-dealkylation sites (tertiary alicyclic amines) is 1. The second-order valence-electron chi connectivity index (χ2n) is 7.73. The molecule has 0 spiro atoms. The Hall–Kier alpha value is -4.04. The van der Waals surface area contributed by atoms with Crippen molar-refractivity contribution in [1.82, 2.24) is 19.7 Å². The maximum absolute atomic E-state index is 12.8. The zero-order valence-electron chi connectivity index (χ0n) is 17.6. The number of carbonyl (C=O) groups is 3. The highest BCUT2D eigenvalue weighted by molar-refractivity contribution is 7.11. The predicted octanol–water partition coefficient (Wildman–Crippen LogP) is 3.60. The van der Waals surface area contributed by atoms with Crippen molar-refractivity contribution in [1.29, 1.82) is 0 Å². The van der Waals surface area contributed by atoms with Gasteiger partial charge in [0.2, 0.25) is 0 Å². The van der Waals surface area contributed by atoms with Crippen LogP contribution in [0.4, 0.5) is 0 Å². The summed E-state index contributed by atoms with van der Waals surface area (Å²) in [5.41, 5.74) is 1.74. The normalized spacial score (nSPS) is 15.5. The molecule has 1 saturated heterocycles. The van der Waals surface area contributed by atoms with E-state index in [0.29, 0.717) is 34.8 Å². The first-order valence-corrected chi connectivity index (χ1v) is 11.3. The van der Waals surface area contributed by atoms with Crippen LogP contribution >= 0.6 is 11.3 Å². The van der Waals surface area contributed by atoms with Crippen LogP contribution in [0.5, 0.6) is 0 Å². The maximum Gasteiger partial charge on any atom is 0.290 e. The van der Waals surface area contributed by atoms with Crippen LogP contribution < -0.4 is 0 Å². The van der Waals surface area contributed by atoms with Crippen LogP contribution in [0.3, 0.4) is 0 Å². The van der Waals surface area contributed by atoms with E-state index in [0.717, 1.165) is 0 Å². The molecule has 0 bridgehead atoms. The molecule has 1 fully saturated rings. The second-order valence-corrected chi connectivity index (χ2v) is 8.62. The van der Waals surface area contributed by atoms with Gasteiger partial charge in [-0.25, -0.2) is 4.98 Å². The third-order valence-electron chi connectivity index (χ3n) is 5.65. The number of aromatic nitrogens is 1. The number of carbonyl (C=O) groups excluding carboxylic acids is 3. The number of hydrogen-bond donors (Lipinski definition) is 0. The number of benzene rings is 2. The van der Waals surface area contributed by atoms with Gasteiger partial charge in [0.1, 0.15) is 0 Å². The molecular formula is C25H20N4O3S. The first kappa shape index (κ1) is 20.8. The fourth-order valence-corrected chi connectivity index (χ4v) is 4.31. The van der Waals surface area contributed by atoms with E-state index in [1.165, 1.54) is 16.2 Å². The molecule has 164 valence electrons. The SMILES string of the molecule is O=C(c1ccccc1)c1ccc(C(=O)N2CC(N3C=CN(C(=O)c4nccs4)C=C3)C2)cc1. The molecule has 2 aromatic carbocycles. The largest absolute Gasteiger partial charge is 0.345 e. The fourth-order valence-electron chi connectivity index (χ4n) is 3.73. The highest BCUT2D eigenvalue weighted by atomic mass is 32.1. The van der Waals surface area contributed by atoms with Gasteiger partial charge in [-0.05, 0) is 12.1 Å². The van der Waals surface area contributed by atoms with Crippen LogP contribution in [0, 0.1) is 0 Å². The van der Waals surface area contributed by atoms with Crippen LogP contribution in [-0.2, 0) is 0 Å². The number of thiazole rings is 1. The smallest absolute Gasteiger partial charge is 0.290 e. The highest BCUT2D eigenvalue weighted by Gasteiger charge is 2.34. The molecule has 0 N–H and O–H groups in total. The van der Waals surface area contributed by atoms with Gasteiger partial charge in [0.25, 0.3) is 11.8 Å². The Bertz CT molecular complexity index is 1220. The maximum atomic E-state index is 12.8. The first-order chi connectivity index (χ1) is 16.1. The lowest BCUT2D eigenvalue weighted by Crippen LogP contribution is -2.59. The summed E-state index contributed by atoms with van der Waals surface area (Å²) in [6.45, 7) is 1.16. The quantitative estimate of drug-likeness (QED) is 0.549. The number of amides is 2. The van der Waals surface area contributed by atoms with Gasteiger partial charge >= 0.3 is 0 Å². The van der Waals surface area contributed by atoms with Crippen molar-refractivity contribution < 1.29 is 14.4 Å². The van der Waals surface area contributed by atoms with Crippen molar-refractivity contribution in [3.63, 3.8) is 0 Å². The number of hydrogen-bond acceptors (Lipinski definition) is 6. The molecule has 5 rings (SSSR count). The van der Waals surface area contributed by atoms with Gasteiger partial charge in [0.05, 0.1) is 6.04 Å². The van der Waals surface area contributed by atoms with Crippen LogP contribution in [0.15, 0.2) is 91.0 Å². The topological polar surface area (TPSA) is 73.8 Å². The van der Waals surface area contributed by atoms with Crippen molar-refractivity contribution in [2.75, 3.05) is 13.1 Å². The molecule has 0 unspecified atom stereocenters. The van der Waals surface area contributed by atoms with Crippen LogP contribution in [0.2, 0.25) is 0 Å². The average Bonchev–Trinajstić information content (AvgIpc) is 3.38. The lowest BCUT2D eigenvalue weighted by atomic mass is 10.0. The Balaban J connectivity index is 1.15. The fraction of sp³-hybridized carbons (Fsp3) is 0.120. The van der Waals surface area contributed by atoms with Gasteiger partial charge in [-0.2, -0.15) is 0 Å². The molecule has 0 radical (unpaired) electrons. The third kappa shape index (κ3) is 4.20. The monoisotopic (exact) mass is 456 g/mol. The third-order valence-corrected chi connectivity index (χ3v) is 6.41. The summed E-state index contributed by atoms with van der Waals surface area (Å²) in [6.07, 6.45) is 8.69. The standard InChI is InChI=1S/C25H20N4O3S/c30-22(18-4-2-1-3-5-18)19-6-8-20(9-7-19)24(31)29-16-21(17-29)27-11-13-28(14-12-27)25(32)23-26-10-15-33-23/h1-15,21H,16-17H2. The molecule has 3 aromatic rings. The molecule has 0 atom stereocenters. The van der Waals surface area contributed by atoms with E-state index < -0.39 is 0 Å². The Morgan fingerprint density at radius 2 is 1.42 bits per heavy atom. The van der Waals surface area contributed by atoms with E-state index in [1.54, 1.807) is 65.3 Å². The molecule has 1 aromatic heterocycles. The van der Waals surface area contributed by atoms with E-state index in [-0.39, 0.29) is 23.6 Å². The summed E-state index contributed by atoms with van der Waals surface area (Å²) in [5, 5.41) is 2.21. The van der Waals surface area contributed by atoms with Crippen LogP contribution in [-0.4, -0.2) is 56.4 Å². The lowest BCUT2D eigenvalue weighted by molar-refractivity contribution is 0.0457. The Morgan fingerprint density at radius 3 is 2.06 bits per heavy atom. The number of nitrogens with zero attached hydrogens (tertiary/aromatic N) is 4. The van der Waals surface area contributed by atoms with Gasteiger partial charge in [-0.3, -0.25) is 19.3 Å². The summed E-state index contributed by atoms with van der Waals surface area (Å²) in [6, 6.07) is 16.0. The minimum absolute atomic E-state index is 0.0597. The molecule has 2 amide bonds. The van der Waals surface area contributed by atoms with Gasteiger partial charge in [-0.1, -0.05) is 42.5 Å². The summed E-state index contributed by atoms with van der Waals surface area (Å²) in [5.74, 6) is -0.295. The lowest BCUT2D eigenvalue weighted by Gasteiger charge is -2.44. The molecule has 7 nitrogen and oxygen atoms in total. The Morgan fingerprint density at radius 1 is 0.788 bits per heavy atom. The van der Waals surface area contributed by atoms with Gasteiger partial charge in [-0.15, -0.1) is 11.3 Å². The first-order valence-electron chi connectivity index (χ1n) is 10.5. The van der Waals surface area contributed by atoms with E-state index in [2.05, 4.69) is 4.98 Å². The van der Waals surface area contributed by atoms with Crippen molar-refractivity contribution in [2.24, 2.45) is 0 Å². The predicted molar refractivity (Wildman–Crippen MR) is 124 cm³/mol. The highest BCUT2D eigenvalue weighted by Crippen LogP contribution is 2.22. The van der Waals surface area contributed by atoms with E-state index >= 15 is 0 Å². The average molecular weight is 457 g/mol. The Kier molecular flexibility index (Phi) is 5.58. The molecule has 33 heavy (non-hydrogen) atoms.